The number of rotatable bonds is 4. The van der Waals surface area contributed by atoms with Crippen molar-refractivity contribution in [2.24, 2.45) is 0 Å². The van der Waals surface area contributed by atoms with E-state index in [1.807, 2.05) is 0 Å². The van der Waals surface area contributed by atoms with Crippen LogP contribution in [-0.2, 0) is 0 Å². The first kappa shape index (κ1) is 19.3. The Morgan fingerprint density at radius 2 is 1.90 bits per heavy atom. The monoisotopic (exact) mass is 396 g/mol. The van der Waals surface area contributed by atoms with Gasteiger partial charge in [0.15, 0.2) is 0 Å². The van der Waals surface area contributed by atoms with Crippen molar-refractivity contribution in [1.29, 1.82) is 0 Å². The lowest BCUT2D eigenvalue weighted by atomic mass is 9.91. The van der Waals surface area contributed by atoms with Crippen molar-refractivity contribution in [3.8, 4) is 5.69 Å². The highest BCUT2D eigenvalue weighted by molar-refractivity contribution is 6.05. The molecule has 2 heterocycles. The number of halogens is 2. The second kappa shape index (κ2) is 8.13. The summed E-state index contributed by atoms with van der Waals surface area (Å²) in [5, 5.41) is 10.6. The summed E-state index contributed by atoms with van der Waals surface area (Å²) in [4.78, 5) is 13.1. The molecular formula is C22H22F2N4O. The second-order valence-corrected chi connectivity index (χ2v) is 7.27. The number of benzene rings is 2. The molecule has 2 aromatic carbocycles. The number of aromatic nitrogens is 2. The summed E-state index contributed by atoms with van der Waals surface area (Å²) in [5.41, 5.74) is 2.99. The van der Waals surface area contributed by atoms with E-state index in [0.29, 0.717) is 22.5 Å². The van der Waals surface area contributed by atoms with Crippen LogP contribution in [0.1, 0.15) is 40.4 Å². The van der Waals surface area contributed by atoms with E-state index in [-0.39, 0.29) is 23.5 Å². The second-order valence-electron chi connectivity index (χ2n) is 7.27. The van der Waals surface area contributed by atoms with Crippen LogP contribution in [0, 0.1) is 18.6 Å². The van der Waals surface area contributed by atoms with Gasteiger partial charge >= 0.3 is 0 Å². The summed E-state index contributed by atoms with van der Waals surface area (Å²) in [6.45, 7) is 3.43. The molecule has 1 aromatic heterocycles. The maximum Gasteiger partial charge on any atom is 0.259 e. The molecule has 0 bridgehead atoms. The minimum absolute atomic E-state index is 0.122. The quantitative estimate of drug-likeness (QED) is 0.696. The molecule has 1 amide bonds. The first-order valence-corrected chi connectivity index (χ1v) is 9.65. The molecule has 150 valence electrons. The van der Waals surface area contributed by atoms with E-state index in [1.54, 1.807) is 29.8 Å². The standard InChI is InChI=1S/C22H22F2N4O/c1-14-11-17(24)5-6-20(14)27-22(29)19-13-26-28(18-4-2-3-16(23)12-18)21(19)15-7-9-25-10-8-15/h2-6,11-13,15,25H,7-10H2,1H3,(H,27,29). The van der Waals surface area contributed by atoms with E-state index in [4.69, 9.17) is 0 Å². The Bertz CT molecular complexity index is 1040. The topological polar surface area (TPSA) is 59.0 Å². The predicted molar refractivity (Wildman–Crippen MR) is 107 cm³/mol. The van der Waals surface area contributed by atoms with Crippen LogP contribution in [-0.4, -0.2) is 28.8 Å². The molecule has 1 saturated heterocycles. The molecule has 7 heteroatoms. The Morgan fingerprint density at radius 1 is 1.14 bits per heavy atom. The van der Waals surface area contributed by atoms with Gasteiger partial charge in [0.05, 0.1) is 23.1 Å². The molecule has 0 unspecified atom stereocenters. The summed E-state index contributed by atoms with van der Waals surface area (Å²) < 4.78 is 28.8. The van der Waals surface area contributed by atoms with Gasteiger partial charge in [-0.3, -0.25) is 4.79 Å². The molecule has 1 aliphatic rings. The Kier molecular flexibility index (Phi) is 5.40. The summed E-state index contributed by atoms with van der Waals surface area (Å²) in [5.74, 6) is -0.898. The van der Waals surface area contributed by atoms with Gasteiger partial charge in [-0.2, -0.15) is 5.10 Å². The van der Waals surface area contributed by atoms with Gasteiger partial charge in [0.1, 0.15) is 11.6 Å². The molecule has 4 rings (SSSR count). The van der Waals surface area contributed by atoms with E-state index in [2.05, 4.69) is 15.7 Å². The van der Waals surface area contributed by atoms with E-state index < -0.39 is 0 Å². The molecule has 0 saturated carbocycles. The third-order valence-electron chi connectivity index (χ3n) is 5.27. The Morgan fingerprint density at radius 3 is 2.62 bits per heavy atom. The van der Waals surface area contributed by atoms with Gasteiger partial charge in [-0.15, -0.1) is 0 Å². The normalized spacial score (nSPS) is 14.7. The third-order valence-corrected chi connectivity index (χ3v) is 5.27. The first-order valence-electron chi connectivity index (χ1n) is 9.65. The van der Waals surface area contributed by atoms with Crippen molar-refractivity contribution < 1.29 is 13.6 Å². The number of carbonyl (C=O) groups is 1. The van der Waals surface area contributed by atoms with E-state index in [9.17, 15) is 13.6 Å². The van der Waals surface area contributed by atoms with Crippen molar-refractivity contribution in [1.82, 2.24) is 15.1 Å². The van der Waals surface area contributed by atoms with Crippen molar-refractivity contribution in [2.75, 3.05) is 18.4 Å². The fraction of sp³-hybridized carbons (Fsp3) is 0.273. The van der Waals surface area contributed by atoms with Gasteiger partial charge in [0.2, 0.25) is 0 Å². The van der Waals surface area contributed by atoms with Crippen LogP contribution in [0.5, 0.6) is 0 Å². The lowest BCUT2D eigenvalue weighted by molar-refractivity contribution is 0.102. The number of amides is 1. The number of hydrogen-bond donors (Lipinski definition) is 2. The lowest BCUT2D eigenvalue weighted by Gasteiger charge is -2.24. The number of piperidine rings is 1. The molecule has 0 aliphatic carbocycles. The smallest absolute Gasteiger partial charge is 0.259 e. The van der Waals surface area contributed by atoms with Crippen LogP contribution in [0.15, 0.2) is 48.7 Å². The zero-order valence-electron chi connectivity index (χ0n) is 16.1. The van der Waals surface area contributed by atoms with E-state index in [0.717, 1.165) is 31.6 Å². The van der Waals surface area contributed by atoms with Gasteiger partial charge in [0, 0.05) is 11.6 Å². The summed E-state index contributed by atoms with van der Waals surface area (Å²) in [6.07, 6.45) is 3.24. The van der Waals surface area contributed by atoms with Crippen molar-refractivity contribution >= 4 is 11.6 Å². The molecule has 0 spiro atoms. The maximum atomic E-state index is 13.8. The molecular weight excluding hydrogens is 374 g/mol. The highest BCUT2D eigenvalue weighted by atomic mass is 19.1. The first-order chi connectivity index (χ1) is 14.0. The number of anilines is 1. The number of nitrogens with zero attached hydrogens (tertiary/aromatic N) is 2. The fourth-order valence-electron chi connectivity index (χ4n) is 3.79. The molecule has 1 aliphatic heterocycles. The van der Waals surface area contributed by atoms with Crippen LogP contribution in [0.2, 0.25) is 0 Å². The highest BCUT2D eigenvalue weighted by Gasteiger charge is 2.27. The largest absolute Gasteiger partial charge is 0.322 e. The van der Waals surface area contributed by atoms with Gasteiger partial charge < -0.3 is 10.6 Å². The van der Waals surface area contributed by atoms with Crippen LogP contribution >= 0.6 is 0 Å². The summed E-state index contributed by atoms with van der Waals surface area (Å²) in [7, 11) is 0. The van der Waals surface area contributed by atoms with Gasteiger partial charge in [-0.1, -0.05) is 6.07 Å². The zero-order valence-corrected chi connectivity index (χ0v) is 16.1. The zero-order chi connectivity index (χ0) is 20.4. The van der Waals surface area contributed by atoms with E-state index >= 15 is 0 Å². The fourth-order valence-corrected chi connectivity index (χ4v) is 3.79. The van der Waals surface area contributed by atoms with Crippen LogP contribution in [0.3, 0.4) is 0 Å². The molecule has 0 atom stereocenters. The summed E-state index contributed by atoms with van der Waals surface area (Å²) >= 11 is 0. The van der Waals surface area contributed by atoms with Crippen LogP contribution in [0.4, 0.5) is 14.5 Å². The Hall–Kier alpha value is -3.06. The lowest BCUT2D eigenvalue weighted by Crippen LogP contribution is -2.29. The highest BCUT2D eigenvalue weighted by Crippen LogP contribution is 2.31. The maximum absolute atomic E-state index is 13.8. The predicted octanol–water partition coefficient (Wildman–Crippen LogP) is 4.18. The van der Waals surface area contributed by atoms with Crippen molar-refractivity contribution in [3.05, 3.63) is 77.1 Å². The third kappa shape index (κ3) is 4.05. The number of hydrogen-bond acceptors (Lipinski definition) is 3. The number of aryl methyl sites for hydroxylation is 1. The molecule has 3 aromatic rings. The van der Waals surface area contributed by atoms with Crippen LogP contribution < -0.4 is 10.6 Å². The average Bonchev–Trinajstić information content (AvgIpc) is 3.16. The SMILES string of the molecule is Cc1cc(F)ccc1NC(=O)c1cnn(-c2cccc(F)c2)c1C1CCNCC1. The molecule has 2 N–H and O–H groups in total. The molecule has 0 radical (unpaired) electrons. The van der Waals surface area contributed by atoms with Crippen LogP contribution in [0.25, 0.3) is 5.69 Å². The van der Waals surface area contributed by atoms with Gasteiger partial charge in [-0.25, -0.2) is 13.5 Å². The Balaban J connectivity index is 1.73. The molecule has 29 heavy (non-hydrogen) atoms. The minimum atomic E-state index is -0.359. The molecule has 1 fully saturated rings. The van der Waals surface area contributed by atoms with Crippen molar-refractivity contribution in [3.63, 3.8) is 0 Å². The molecule has 5 nitrogen and oxygen atoms in total. The minimum Gasteiger partial charge on any atom is -0.322 e. The summed E-state index contributed by atoms with van der Waals surface area (Å²) in [6, 6.07) is 10.4. The van der Waals surface area contributed by atoms with Crippen molar-refractivity contribution in [2.45, 2.75) is 25.7 Å². The number of nitrogens with one attached hydrogen (secondary N) is 2. The van der Waals surface area contributed by atoms with Gasteiger partial charge in [-0.05, 0) is 74.8 Å². The van der Waals surface area contributed by atoms with E-state index in [1.165, 1.54) is 30.5 Å². The Labute approximate surface area is 167 Å². The van der Waals surface area contributed by atoms with Gasteiger partial charge in [0.25, 0.3) is 5.91 Å². The number of carbonyl (C=O) groups excluding carboxylic acids is 1. The average molecular weight is 396 g/mol.